The van der Waals surface area contributed by atoms with E-state index in [9.17, 15) is 0 Å². The number of aromatic nitrogens is 2. The molecule has 0 bridgehead atoms. The van der Waals surface area contributed by atoms with Crippen molar-refractivity contribution in [1.82, 2.24) is 9.78 Å². The zero-order valence-corrected chi connectivity index (χ0v) is 12.5. The van der Waals surface area contributed by atoms with E-state index in [2.05, 4.69) is 37.4 Å². The van der Waals surface area contributed by atoms with Crippen molar-refractivity contribution in [2.75, 3.05) is 17.7 Å². The normalized spacial score (nSPS) is 10.8. The number of thiophene rings is 1. The fraction of sp³-hybridized carbons (Fsp3) is 0.364. The van der Waals surface area contributed by atoms with Crippen LogP contribution in [0.4, 0.5) is 11.5 Å². The predicted molar refractivity (Wildman–Crippen MR) is 76.5 cm³/mol. The van der Waals surface area contributed by atoms with Crippen LogP contribution in [0.5, 0.6) is 0 Å². The molecule has 4 nitrogen and oxygen atoms in total. The largest absolute Gasteiger partial charge is 0.394 e. The lowest BCUT2D eigenvalue weighted by Gasteiger charge is -2.19. The third-order valence-electron chi connectivity index (χ3n) is 2.64. The van der Waals surface area contributed by atoms with Gasteiger partial charge in [-0.05, 0) is 39.9 Å². The van der Waals surface area contributed by atoms with Crippen molar-refractivity contribution in [3.8, 4) is 0 Å². The number of nitrogens with zero attached hydrogens (tertiary/aromatic N) is 3. The molecule has 0 unspecified atom stereocenters. The van der Waals surface area contributed by atoms with E-state index in [0.717, 1.165) is 27.5 Å². The summed E-state index contributed by atoms with van der Waals surface area (Å²) in [6.45, 7) is 2.75. The molecule has 17 heavy (non-hydrogen) atoms. The highest BCUT2D eigenvalue weighted by Crippen LogP contribution is 2.27. The molecular weight excluding hydrogens is 300 g/mol. The average Bonchev–Trinajstić information content (AvgIpc) is 2.73. The van der Waals surface area contributed by atoms with Gasteiger partial charge in [-0.3, -0.25) is 4.68 Å². The quantitative estimate of drug-likeness (QED) is 0.947. The summed E-state index contributed by atoms with van der Waals surface area (Å²) < 4.78 is 2.97. The van der Waals surface area contributed by atoms with Crippen molar-refractivity contribution in [1.29, 1.82) is 0 Å². The minimum Gasteiger partial charge on any atom is -0.394 e. The summed E-state index contributed by atoms with van der Waals surface area (Å²) in [5.41, 5.74) is 8.93. The monoisotopic (exact) mass is 314 g/mol. The second-order valence-corrected chi connectivity index (χ2v) is 6.35. The van der Waals surface area contributed by atoms with Crippen molar-refractivity contribution < 1.29 is 0 Å². The van der Waals surface area contributed by atoms with Gasteiger partial charge in [0.25, 0.3) is 0 Å². The second-order valence-electron chi connectivity index (χ2n) is 4.06. The van der Waals surface area contributed by atoms with Crippen molar-refractivity contribution in [3.05, 3.63) is 26.5 Å². The summed E-state index contributed by atoms with van der Waals surface area (Å²) in [5, 5.41) is 6.46. The molecule has 0 saturated carbocycles. The van der Waals surface area contributed by atoms with Crippen LogP contribution in [0.15, 0.2) is 15.2 Å². The SMILES string of the molecule is Cc1nn(C)c(N(C)Cc2csc(Br)c2)c1N. The molecule has 2 rings (SSSR count). The van der Waals surface area contributed by atoms with E-state index in [0.29, 0.717) is 0 Å². The summed E-state index contributed by atoms with van der Waals surface area (Å²) in [6, 6.07) is 2.13. The van der Waals surface area contributed by atoms with Gasteiger partial charge in [0.15, 0.2) is 0 Å². The fourth-order valence-electron chi connectivity index (χ4n) is 1.89. The number of aryl methyl sites for hydroxylation is 2. The van der Waals surface area contributed by atoms with Crippen molar-refractivity contribution in [2.45, 2.75) is 13.5 Å². The lowest BCUT2D eigenvalue weighted by atomic mass is 10.3. The van der Waals surface area contributed by atoms with E-state index < -0.39 is 0 Å². The third kappa shape index (κ3) is 2.47. The Balaban J connectivity index is 2.22. The zero-order valence-electron chi connectivity index (χ0n) is 10.1. The predicted octanol–water partition coefficient (Wildman–Crippen LogP) is 2.77. The molecule has 0 amide bonds. The Labute approximate surface area is 113 Å². The van der Waals surface area contributed by atoms with Gasteiger partial charge in [-0.2, -0.15) is 5.10 Å². The van der Waals surface area contributed by atoms with Crippen molar-refractivity contribution in [3.63, 3.8) is 0 Å². The molecule has 0 saturated heterocycles. The maximum atomic E-state index is 6.03. The molecule has 0 fully saturated rings. The smallest absolute Gasteiger partial charge is 0.150 e. The molecule has 2 N–H and O–H groups in total. The molecule has 0 spiro atoms. The number of anilines is 2. The van der Waals surface area contributed by atoms with Gasteiger partial charge in [-0.25, -0.2) is 0 Å². The highest BCUT2D eigenvalue weighted by molar-refractivity contribution is 9.11. The number of nitrogens with two attached hydrogens (primary N) is 1. The molecule has 2 heterocycles. The first-order valence-corrected chi connectivity index (χ1v) is 6.89. The lowest BCUT2D eigenvalue weighted by Crippen LogP contribution is -2.20. The van der Waals surface area contributed by atoms with Gasteiger partial charge in [0.2, 0.25) is 0 Å². The summed E-state index contributed by atoms with van der Waals surface area (Å²) in [4.78, 5) is 2.11. The Morgan fingerprint density at radius 3 is 2.76 bits per heavy atom. The number of hydrogen-bond acceptors (Lipinski definition) is 4. The van der Waals surface area contributed by atoms with Crippen LogP contribution in [0.1, 0.15) is 11.3 Å². The van der Waals surface area contributed by atoms with E-state index in [1.165, 1.54) is 5.56 Å². The van der Waals surface area contributed by atoms with Gasteiger partial charge in [0, 0.05) is 20.6 Å². The topological polar surface area (TPSA) is 47.1 Å². The molecule has 0 aromatic carbocycles. The van der Waals surface area contributed by atoms with Crippen LogP contribution in [-0.2, 0) is 13.6 Å². The van der Waals surface area contributed by atoms with Crippen LogP contribution in [-0.4, -0.2) is 16.8 Å². The summed E-state index contributed by atoms with van der Waals surface area (Å²) >= 11 is 5.16. The number of hydrogen-bond donors (Lipinski definition) is 1. The molecule has 2 aromatic heterocycles. The van der Waals surface area contributed by atoms with Crippen LogP contribution >= 0.6 is 27.3 Å². The van der Waals surface area contributed by atoms with Gasteiger partial charge in [-0.15, -0.1) is 11.3 Å². The summed E-state index contributed by atoms with van der Waals surface area (Å²) in [5.74, 6) is 0.963. The minimum atomic E-state index is 0.754. The minimum absolute atomic E-state index is 0.754. The molecule has 0 aliphatic carbocycles. The van der Waals surface area contributed by atoms with Crippen molar-refractivity contribution in [2.24, 2.45) is 7.05 Å². The summed E-state index contributed by atoms with van der Waals surface area (Å²) in [6.07, 6.45) is 0. The highest BCUT2D eigenvalue weighted by atomic mass is 79.9. The zero-order chi connectivity index (χ0) is 12.6. The molecule has 0 aliphatic heterocycles. The lowest BCUT2D eigenvalue weighted by molar-refractivity contribution is 0.727. The van der Waals surface area contributed by atoms with Crippen LogP contribution in [0.3, 0.4) is 0 Å². The Hall–Kier alpha value is -1.01. The van der Waals surface area contributed by atoms with E-state index in [4.69, 9.17) is 5.73 Å². The maximum absolute atomic E-state index is 6.03. The Morgan fingerprint density at radius 1 is 1.59 bits per heavy atom. The van der Waals surface area contributed by atoms with Gasteiger partial charge in [-0.1, -0.05) is 0 Å². The first-order valence-electron chi connectivity index (χ1n) is 5.22. The number of rotatable bonds is 3. The standard InChI is InChI=1S/C11H15BrN4S/c1-7-10(13)11(16(3)14-7)15(2)5-8-4-9(12)17-6-8/h4,6H,5,13H2,1-3H3. The van der Waals surface area contributed by atoms with E-state index in [-0.39, 0.29) is 0 Å². The van der Waals surface area contributed by atoms with E-state index in [1.807, 2.05) is 25.7 Å². The first kappa shape index (κ1) is 12.4. The molecule has 0 atom stereocenters. The molecule has 2 aromatic rings. The van der Waals surface area contributed by atoms with Crippen LogP contribution in [0, 0.1) is 6.92 Å². The molecule has 92 valence electrons. The van der Waals surface area contributed by atoms with E-state index >= 15 is 0 Å². The van der Waals surface area contributed by atoms with Gasteiger partial charge < -0.3 is 10.6 Å². The molecular formula is C11H15BrN4S. The first-order chi connectivity index (χ1) is 7.99. The van der Waals surface area contributed by atoms with E-state index in [1.54, 1.807) is 11.3 Å². The summed E-state index contributed by atoms with van der Waals surface area (Å²) in [7, 11) is 3.94. The van der Waals surface area contributed by atoms with Gasteiger partial charge in [0.1, 0.15) is 5.82 Å². The maximum Gasteiger partial charge on any atom is 0.150 e. The molecule has 6 heteroatoms. The van der Waals surface area contributed by atoms with Crippen LogP contribution in [0.25, 0.3) is 0 Å². The van der Waals surface area contributed by atoms with Crippen LogP contribution in [0.2, 0.25) is 0 Å². The second kappa shape index (κ2) is 4.70. The third-order valence-corrected chi connectivity index (χ3v) is 4.19. The number of halogens is 1. The van der Waals surface area contributed by atoms with Crippen molar-refractivity contribution >= 4 is 38.8 Å². The fourth-order valence-corrected chi connectivity index (χ4v) is 3.09. The number of nitrogen functional groups attached to an aromatic ring is 1. The van der Waals surface area contributed by atoms with Gasteiger partial charge in [0.05, 0.1) is 15.2 Å². The molecule has 0 aliphatic rings. The average molecular weight is 315 g/mol. The Bertz CT molecular complexity index is 532. The van der Waals surface area contributed by atoms with Gasteiger partial charge >= 0.3 is 0 Å². The van der Waals surface area contributed by atoms with Crippen LogP contribution < -0.4 is 10.6 Å². The Kier molecular flexibility index (Phi) is 3.44. The molecule has 0 radical (unpaired) electrons. The highest BCUT2D eigenvalue weighted by Gasteiger charge is 2.14. The Morgan fingerprint density at radius 2 is 2.29 bits per heavy atom.